The van der Waals surface area contributed by atoms with Gasteiger partial charge in [-0.25, -0.2) is 0 Å². The first kappa shape index (κ1) is 28.6. The second kappa shape index (κ2) is 12.4. The minimum atomic E-state index is -0.832. The zero-order valence-electron chi connectivity index (χ0n) is 22.1. The van der Waals surface area contributed by atoms with E-state index in [2.05, 4.69) is 10.6 Å². The monoisotopic (exact) mass is 490 g/mol. The van der Waals surface area contributed by atoms with Crippen LogP contribution in [0, 0.1) is 5.41 Å². The van der Waals surface area contributed by atoms with Gasteiger partial charge in [0.05, 0.1) is 12.6 Å². The van der Waals surface area contributed by atoms with Gasteiger partial charge in [-0.2, -0.15) is 0 Å². The van der Waals surface area contributed by atoms with E-state index in [1.165, 1.54) is 7.11 Å². The third-order valence-electron chi connectivity index (χ3n) is 6.37. The van der Waals surface area contributed by atoms with Crippen LogP contribution in [0.1, 0.15) is 70.3 Å². The van der Waals surface area contributed by atoms with Gasteiger partial charge >= 0.3 is 0 Å². The van der Waals surface area contributed by atoms with Crippen LogP contribution in [0.15, 0.2) is 18.2 Å². The summed E-state index contributed by atoms with van der Waals surface area (Å²) in [6.07, 6.45) is 1.50. The molecule has 9 nitrogen and oxygen atoms in total. The van der Waals surface area contributed by atoms with Gasteiger partial charge in [0.25, 0.3) is 5.91 Å². The Hall–Kier alpha value is -2.65. The van der Waals surface area contributed by atoms with Gasteiger partial charge in [-0.05, 0) is 55.4 Å². The van der Waals surface area contributed by atoms with E-state index in [0.717, 1.165) is 5.56 Å². The normalized spacial score (nSPS) is 19.6. The fourth-order valence-corrected chi connectivity index (χ4v) is 4.20. The van der Waals surface area contributed by atoms with Gasteiger partial charge in [0, 0.05) is 24.9 Å². The summed E-state index contributed by atoms with van der Waals surface area (Å²) in [6.45, 7) is 12.2. The predicted octanol–water partition coefficient (Wildman–Crippen LogP) is 2.48. The van der Waals surface area contributed by atoms with Crippen molar-refractivity contribution in [2.24, 2.45) is 5.41 Å². The third-order valence-corrected chi connectivity index (χ3v) is 6.37. The molecule has 1 aliphatic heterocycles. The molecule has 1 fully saturated rings. The Morgan fingerprint density at radius 3 is 2.51 bits per heavy atom. The molecule has 196 valence electrons. The fraction of sp³-hybridized carbons (Fsp3) is 0.654. The maximum absolute atomic E-state index is 13.8. The second-order valence-electron chi connectivity index (χ2n) is 10.1. The van der Waals surface area contributed by atoms with E-state index in [9.17, 15) is 14.4 Å². The van der Waals surface area contributed by atoms with Crippen LogP contribution >= 0.6 is 0 Å². The Labute approximate surface area is 209 Å². The Bertz CT molecular complexity index is 898. The summed E-state index contributed by atoms with van der Waals surface area (Å²) in [7, 11) is 1.53. The highest BCUT2D eigenvalue weighted by molar-refractivity contribution is 5.99. The largest absolute Gasteiger partial charge is 0.399 e. The van der Waals surface area contributed by atoms with Gasteiger partial charge < -0.3 is 30.7 Å². The maximum atomic E-state index is 13.8. The molecule has 0 bridgehead atoms. The second-order valence-corrected chi connectivity index (χ2v) is 10.1. The van der Waals surface area contributed by atoms with Gasteiger partial charge in [-0.1, -0.05) is 34.6 Å². The molecule has 9 heteroatoms. The number of rotatable bonds is 10. The Morgan fingerprint density at radius 1 is 1.26 bits per heavy atom. The summed E-state index contributed by atoms with van der Waals surface area (Å²) in [5.41, 5.74) is 7.34. The average Bonchev–Trinajstić information content (AvgIpc) is 3.26. The highest BCUT2D eigenvalue weighted by atomic mass is 16.7. The predicted molar refractivity (Wildman–Crippen MR) is 136 cm³/mol. The molecule has 35 heavy (non-hydrogen) atoms. The maximum Gasteiger partial charge on any atom is 0.251 e. The van der Waals surface area contributed by atoms with E-state index in [-0.39, 0.29) is 23.8 Å². The lowest BCUT2D eigenvalue weighted by atomic mass is 9.85. The van der Waals surface area contributed by atoms with E-state index in [4.69, 9.17) is 15.2 Å². The molecule has 4 atom stereocenters. The molecular weight excluding hydrogens is 448 g/mol. The van der Waals surface area contributed by atoms with Crippen molar-refractivity contribution < 1.29 is 23.9 Å². The number of ether oxygens (including phenoxy) is 2. The van der Waals surface area contributed by atoms with Gasteiger partial charge in [-0.15, -0.1) is 0 Å². The Morgan fingerprint density at radius 2 is 1.94 bits per heavy atom. The number of hydrogen-bond acceptors (Lipinski definition) is 6. The van der Waals surface area contributed by atoms with Crippen LogP contribution in [-0.4, -0.2) is 67.3 Å². The van der Waals surface area contributed by atoms with E-state index in [0.29, 0.717) is 43.7 Å². The lowest BCUT2D eigenvalue weighted by molar-refractivity contribution is -0.145. The molecule has 0 unspecified atom stereocenters. The molecule has 0 saturated carbocycles. The first-order valence-electron chi connectivity index (χ1n) is 12.4. The molecular formula is C26H42N4O5. The lowest BCUT2D eigenvalue weighted by Gasteiger charge is -2.37. The number of benzene rings is 1. The Balaban J connectivity index is 2.24. The number of carbonyl (C=O) groups is 3. The molecule has 1 aromatic rings. The van der Waals surface area contributed by atoms with Gasteiger partial charge in [0.1, 0.15) is 12.1 Å². The summed E-state index contributed by atoms with van der Waals surface area (Å²) in [4.78, 5) is 41.6. The van der Waals surface area contributed by atoms with Crippen LogP contribution in [-0.2, 0) is 25.5 Å². The molecule has 0 spiro atoms. The number of methoxy groups -OCH3 is 1. The van der Waals surface area contributed by atoms with Crippen molar-refractivity contribution in [2.45, 2.75) is 85.2 Å². The van der Waals surface area contributed by atoms with Crippen LogP contribution in [0.25, 0.3) is 0 Å². The molecule has 0 radical (unpaired) electrons. The fourth-order valence-electron chi connectivity index (χ4n) is 4.20. The standard InChI is InChI=1S/C26H42N4O5/c1-8-13-30(16(3)22(31)28-20-12-14-35-25(20)34-7)24(33)21(26(4,5)6)29-23(32)18-10-11-19(27)17(9-2)15-18/h10-11,15-16,20-21,25H,8-9,12-14,27H2,1-7H3,(H,28,31)(H,29,32)/t16-,20-,21+,25+/m0/s1. The van der Waals surface area contributed by atoms with Crippen LogP contribution < -0.4 is 16.4 Å². The van der Waals surface area contributed by atoms with Crippen molar-refractivity contribution in [3.63, 3.8) is 0 Å². The summed E-state index contributed by atoms with van der Waals surface area (Å²) in [6, 6.07) is 3.28. The number of amides is 3. The van der Waals surface area contributed by atoms with Gasteiger partial charge in [0.2, 0.25) is 11.8 Å². The molecule has 1 aliphatic rings. The molecule has 4 N–H and O–H groups in total. The Kier molecular flexibility index (Phi) is 10.1. The summed E-state index contributed by atoms with van der Waals surface area (Å²) >= 11 is 0. The SMILES string of the molecule is CCCN(C(=O)[C@@H](NC(=O)c1ccc(N)c(CC)c1)C(C)(C)C)[C@@H](C)C(=O)N[C@H]1CCO[C@H]1OC. The van der Waals surface area contributed by atoms with Crippen molar-refractivity contribution in [1.29, 1.82) is 0 Å². The van der Waals surface area contributed by atoms with Crippen molar-refractivity contribution in [3.8, 4) is 0 Å². The summed E-state index contributed by atoms with van der Waals surface area (Å²) in [5, 5.41) is 5.88. The first-order valence-corrected chi connectivity index (χ1v) is 12.4. The van der Waals surface area contributed by atoms with Gasteiger partial charge in [0.15, 0.2) is 6.29 Å². The number of nitrogens with one attached hydrogen (secondary N) is 2. The smallest absolute Gasteiger partial charge is 0.251 e. The van der Waals surface area contributed by atoms with Crippen molar-refractivity contribution in [1.82, 2.24) is 15.5 Å². The van der Waals surface area contributed by atoms with Gasteiger partial charge in [-0.3, -0.25) is 14.4 Å². The number of nitrogens with two attached hydrogens (primary N) is 1. The lowest BCUT2D eigenvalue weighted by Crippen LogP contribution is -2.59. The number of aryl methyl sites for hydroxylation is 1. The number of carbonyl (C=O) groups excluding carboxylic acids is 3. The number of hydrogen-bond donors (Lipinski definition) is 3. The van der Waals surface area contributed by atoms with Crippen LogP contribution in [0.2, 0.25) is 0 Å². The zero-order valence-corrected chi connectivity index (χ0v) is 22.1. The van der Waals surface area contributed by atoms with E-state index in [1.807, 2.05) is 34.6 Å². The highest BCUT2D eigenvalue weighted by Crippen LogP contribution is 2.24. The van der Waals surface area contributed by atoms with E-state index >= 15 is 0 Å². The van der Waals surface area contributed by atoms with E-state index < -0.39 is 23.8 Å². The first-order chi connectivity index (χ1) is 16.4. The minimum Gasteiger partial charge on any atom is -0.399 e. The van der Waals surface area contributed by atoms with Crippen molar-refractivity contribution in [3.05, 3.63) is 29.3 Å². The molecule has 1 aromatic carbocycles. The molecule has 3 amide bonds. The molecule has 2 rings (SSSR count). The van der Waals surface area contributed by atoms with Crippen LogP contribution in [0.3, 0.4) is 0 Å². The number of anilines is 1. The topological polar surface area (TPSA) is 123 Å². The highest BCUT2D eigenvalue weighted by Gasteiger charge is 2.39. The zero-order chi connectivity index (χ0) is 26.3. The summed E-state index contributed by atoms with van der Waals surface area (Å²) < 4.78 is 10.8. The molecule has 0 aliphatic carbocycles. The molecule has 1 saturated heterocycles. The molecule has 1 heterocycles. The average molecular weight is 491 g/mol. The number of nitrogen functional groups attached to an aromatic ring is 1. The molecule has 0 aromatic heterocycles. The quantitative estimate of drug-likeness (QED) is 0.433. The van der Waals surface area contributed by atoms with Crippen molar-refractivity contribution in [2.75, 3.05) is 26.0 Å². The summed E-state index contributed by atoms with van der Waals surface area (Å²) in [5.74, 6) is -0.936. The van der Waals surface area contributed by atoms with Crippen LogP contribution in [0.5, 0.6) is 0 Å². The number of nitrogens with zero attached hydrogens (tertiary/aromatic N) is 1. The van der Waals surface area contributed by atoms with E-state index in [1.54, 1.807) is 30.0 Å². The third kappa shape index (κ3) is 7.18. The van der Waals surface area contributed by atoms with Crippen molar-refractivity contribution >= 4 is 23.4 Å². The minimum absolute atomic E-state index is 0.273. The van der Waals surface area contributed by atoms with Crippen LogP contribution in [0.4, 0.5) is 5.69 Å².